The summed E-state index contributed by atoms with van der Waals surface area (Å²) in [7, 11) is 1.86. The van der Waals surface area contributed by atoms with Crippen molar-refractivity contribution in [2.45, 2.75) is 44.1 Å². The maximum absolute atomic E-state index is 11.7. The Labute approximate surface area is 174 Å². The minimum Gasteiger partial charge on any atom is -0.373 e. The average molecular weight is 405 g/mol. The van der Waals surface area contributed by atoms with E-state index in [-0.39, 0.29) is 23.9 Å². The number of piperidine rings is 1. The first-order valence-electron chi connectivity index (χ1n) is 10.8. The molecule has 1 unspecified atom stereocenters. The van der Waals surface area contributed by atoms with E-state index in [1.807, 2.05) is 25.3 Å². The van der Waals surface area contributed by atoms with Gasteiger partial charge in [0.15, 0.2) is 0 Å². The van der Waals surface area contributed by atoms with Crippen LogP contribution < -0.4 is 5.73 Å². The fourth-order valence-corrected chi connectivity index (χ4v) is 6.87. The molecule has 1 saturated heterocycles. The van der Waals surface area contributed by atoms with E-state index < -0.39 is 0 Å². The van der Waals surface area contributed by atoms with Gasteiger partial charge in [0.25, 0.3) is 0 Å². The third-order valence-corrected chi connectivity index (χ3v) is 8.07. The molecule has 0 radical (unpaired) electrons. The molecule has 0 aromatic heterocycles. The summed E-state index contributed by atoms with van der Waals surface area (Å²) in [6.07, 6.45) is 8.14. The quantitative estimate of drug-likeness (QED) is 0.811. The average Bonchev–Trinajstić information content (AvgIpc) is 3.27. The Morgan fingerprint density at radius 2 is 1.86 bits per heavy atom. The van der Waals surface area contributed by atoms with Gasteiger partial charge in [0.05, 0.1) is 0 Å². The Kier molecular flexibility index (Phi) is 5.49. The van der Waals surface area contributed by atoms with Crippen LogP contribution in [0.5, 0.6) is 0 Å². The summed E-state index contributed by atoms with van der Waals surface area (Å²) in [4.78, 5) is 14.5. The molecular formula is C23H33ClN2O2. The molecule has 154 valence electrons. The second-order valence-corrected chi connectivity index (χ2v) is 9.58. The number of fused-ring (bicyclic) bond motifs is 3. The topological polar surface area (TPSA) is 55.6 Å². The molecule has 5 heteroatoms. The van der Waals surface area contributed by atoms with Crippen LogP contribution in [0.4, 0.5) is 0 Å². The molecular weight excluding hydrogens is 372 g/mol. The summed E-state index contributed by atoms with van der Waals surface area (Å²) in [6, 6.07) is 7.90. The van der Waals surface area contributed by atoms with Crippen LogP contribution in [0.15, 0.2) is 24.3 Å². The van der Waals surface area contributed by atoms with Crippen molar-refractivity contribution < 1.29 is 9.53 Å². The number of nitrogens with two attached hydrogens (primary N) is 1. The van der Waals surface area contributed by atoms with E-state index in [2.05, 4.69) is 11.0 Å². The van der Waals surface area contributed by atoms with Crippen LogP contribution in [0.25, 0.3) is 0 Å². The Balaban J connectivity index is 0.00000192. The van der Waals surface area contributed by atoms with E-state index in [4.69, 9.17) is 10.5 Å². The molecule has 0 spiro atoms. The number of halogens is 1. The number of hydrogen-bond acceptors (Lipinski definition) is 3. The summed E-state index contributed by atoms with van der Waals surface area (Å²) in [5, 5.41) is 0. The smallest absolute Gasteiger partial charge is 0.248 e. The van der Waals surface area contributed by atoms with E-state index in [9.17, 15) is 4.79 Å². The summed E-state index contributed by atoms with van der Waals surface area (Å²) < 4.78 is 6.33. The van der Waals surface area contributed by atoms with Gasteiger partial charge in [-0.1, -0.05) is 18.6 Å². The number of hydrogen-bond donors (Lipinski definition) is 1. The molecule has 3 aliphatic carbocycles. The minimum atomic E-state index is -0.356. The number of amides is 1. The third-order valence-electron chi connectivity index (χ3n) is 8.07. The van der Waals surface area contributed by atoms with Gasteiger partial charge in [-0.25, -0.2) is 0 Å². The second-order valence-electron chi connectivity index (χ2n) is 9.58. The number of benzene rings is 1. The SMILES string of the molecule is COC1(c2cccc(C(N)=O)c2)[C@@H]2CCC[C@H]1CN(C[C@H]1C[C@@H]3C[C@@H]3C1)C2.Cl. The number of methoxy groups -OCH3 is 1. The van der Waals surface area contributed by atoms with E-state index in [1.165, 1.54) is 45.1 Å². The maximum Gasteiger partial charge on any atom is 0.248 e. The molecule has 5 rings (SSSR count). The van der Waals surface area contributed by atoms with Crippen LogP contribution in [0.3, 0.4) is 0 Å². The van der Waals surface area contributed by atoms with Gasteiger partial charge >= 0.3 is 0 Å². The summed E-state index contributed by atoms with van der Waals surface area (Å²) in [5.41, 5.74) is 7.03. The first kappa shape index (κ1) is 20.2. The first-order chi connectivity index (χ1) is 13.1. The zero-order valence-corrected chi connectivity index (χ0v) is 17.6. The summed E-state index contributed by atoms with van der Waals surface area (Å²) >= 11 is 0. The van der Waals surface area contributed by atoms with Crippen LogP contribution in [0.2, 0.25) is 0 Å². The highest BCUT2D eigenvalue weighted by atomic mass is 35.5. The molecule has 6 atom stereocenters. The van der Waals surface area contributed by atoms with Gasteiger partial charge in [-0.2, -0.15) is 0 Å². The van der Waals surface area contributed by atoms with Crippen LogP contribution in [-0.4, -0.2) is 37.6 Å². The van der Waals surface area contributed by atoms with Gasteiger partial charge in [0.2, 0.25) is 5.91 Å². The lowest BCUT2D eigenvalue weighted by molar-refractivity contribution is -0.170. The molecule has 1 aromatic rings. The Bertz CT molecular complexity index is 715. The molecule has 1 amide bonds. The number of rotatable bonds is 5. The fraction of sp³-hybridized carbons (Fsp3) is 0.696. The van der Waals surface area contributed by atoms with Crippen LogP contribution in [-0.2, 0) is 10.3 Å². The van der Waals surface area contributed by atoms with Gasteiger partial charge in [-0.3, -0.25) is 4.79 Å². The standard InChI is InChI=1S/C23H32N2O2.ClH/c1-27-23(19-5-2-4-16(11-19)22(24)26)20-6-3-7-21(23)14-25(13-20)12-15-8-17-10-18(17)9-15;/h2,4-5,11,15,17-18,20-21H,3,6-10,12-14H2,1H3,(H2,24,26);1H/t15-,17+,18-,20-,21+,23?;. The molecule has 1 aliphatic heterocycles. The molecule has 4 fully saturated rings. The highest BCUT2D eigenvalue weighted by molar-refractivity contribution is 5.92. The van der Waals surface area contributed by atoms with E-state index >= 15 is 0 Å². The molecule has 4 aliphatic rings. The monoisotopic (exact) mass is 404 g/mol. The summed E-state index contributed by atoms with van der Waals surface area (Å²) in [6.45, 7) is 3.52. The van der Waals surface area contributed by atoms with Crippen molar-refractivity contribution >= 4 is 18.3 Å². The molecule has 28 heavy (non-hydrogen) atoms. The van der Waals surface area contributed by atoms with Crippen molar-refractivity contribution in [1.82, 2.24) is 4.90 Å². The zero-order valence-electron chi connectivity index (χ0n) is 16.8. The Hall–Kier alpha value is -1.10. The summed E-state index contributed by atoms with van der Waals surface area (Å²) in [5.74, 6) is 3.68. The lowest BCUT2D eigenvalue weighted by atomic mass is 9.62. The number of ether oxygens (including phenoxy) is 1. The van der Waals surface area contributed by atoms with E-state index in [0.717, 1.165) is 36.4 Å². The number of primary amides is 1. The number of carbonyl (C=O) groups is 1. The van der Waals surface area contributed by atoms with Gasteiger partial charge < -0.3 is 15.4 Å². The predicted octanol–water partition coefficient (Wildman–Crippen LogP) is 3.83. The predicted molar refractivity (Wildman–Crippen MR) is 112 cm³/mol. The lowest BCUT2D eigenvalue weighted by Crippen LogP contribution is -2.59. The van der Waals surface area contributed by atoms with Crippen molar-refractivity contribution in [3.05, 3.63) is 35.4 Å². The Morgan fingerprint density at radius 1 is 1.18 bits per heavy atom. The molecule has 3 saturated carbocycles. The molecule has 2 bridgehead atoms. The van der Waals surface area contributed by atoms with E-state index in [0.29, 0.717) is 17.4 Å². The molecule has 1 heterocycles. The molecule has 2 N–H and O–H groups in total. The van der Waals surface area contributed by atoms with Crippen molar-refractivity contribution in [3.63, 3.8) is 0 Å². The highest BCUT2D eigenvalue weighted by Gasteiger charge is 2.54. The number of nitrogens with zero attached hydrogens (tertiary/aromatic N) is 1. The Morgan fingerprint density at radius 3 is 2.46 bits per heavy atom. The van der Waals surface area contributed by atoms with E-state index in [1.54, 1.807) is 0 Å². The molecule has 4 nitrogen and oxygen atoms in total. The van der Waals surface area contributed by atoms with Crippen LogP contribution >= 0.6 is 12.4 Å². The largest absolute Gasteiger partial charge is 0.373 e. The fourth-order valence-electron chi connectivity index (χ4n) is 6.87. The van der Waals surface area contributed by atoms with Gasteiger partial charge in [0, 0.05) is 44.1 Å². The van der Waals surface area contributed by atoms with Gasteiger partial charge in [-0.05, 0) is 67.6 Å². The lowest BCUT2D eigenvalue weighted by Gasteiger charge is -2.55. The minimum absolute atomic E-state index is 0. The maximum atomic E-state index is 11.7. The van der Waals surface area contributed by atoms with Crippen molar-refractivity contribution in [2.24, 2.45) is 35.3 Å². The first-order valence-corrected chi connectivity index (χ1v) is 10.8. The van der Waals surface area contributed by atoms with Gasteiger partial charge in [-0.15, -0.1) is 12.4 Å². The zero-order chi connectivity index (χ0) is 18.6. The number of carbonyl (C=O) groups excluding carboxylic acids is 1. The second kappa shape index (κ2) is 7.62. The van der Waals surface area contributed by atoms with Crippen LogP contribution in [0, 0.1) is 29.6 Å². The van der Waals surface area contributed by atoms with Crippen molar-refractivity contribution in [2.75, 3.05) is 26.7 Å². The molecule has 1 aromatic carbocycles. The van der Waals surface area contributed by atoms with Crippen molar-refractivity contribution in [3.8, 4) is 0 Å². The number of likely N-dealkylation sites (tertiary alicyclic amines) is 1. The normalized spacial score (nSPS) is 39.1. The van der Waals surface area contributed by atoms with Crippen LogP contribution in [0.1, 0.15) is 54.4 Å². The third kappa shape index (κ3) is 3.28. The van der Waals surface area contributed by atoms with Gasteiger partial charge in [0.1, 0.15) is 5.60 Å². The van der Waals surface area contributed by atoms with Crippen molar-refractivity contribution in [1.29, 1.82) is 0 Å². The highest BCUT2D eigenvalue weighted by Crippen LogP contribution is 2.55.